The lowest BCUT2D eigenvalue weighted by Gasteiger charge is -2.38. The summed E-state index contributed by atoms with van der Waals surface area (Å²) in [5.74, 6) is -0.193. The molecule has 0 amide bonds. The molecule has 1 N–H and O–H groups in total. The van der Waals surface area contributed by atoms with Crippen molar-refractivity contribution >= 4 is 5.97 Å². The molecule has 1 aliphatic heterocycles. The molecule has 4 nitrogen and oxygen atoms in total. The molecule has 24 heavy (non-hydrogen) atoms. The molecule has 0 bridgehead atoms. The van der Waals surface area contributed by atoms with Crippen LogP contribution in [0.2, 0.25) is 0 Å². The fourth-order valence-electron chi connectivity index (χ4n) is 4.56. The summed E-state index contributed by atoms with van der Waals surface area (Å²) in [6.45, 7) is 11.1. The lowest BCUT2D eigenvalue weighted by Crippen LogP contribution is -2.37. The SMILES string of the molecule is CCC(c1cc(C(=O)O)nc2c1CCC2(C)C)N1CCC[C@H](C)C1. The smallest absolute Gasteiger partial charge is 0.354 e. The highest BCUT2D eigenvalue weighted by molar-refractivity contribution is 5.86. The summed E-state index contributed by atoms with van der Waals surface area (Å²) in [5, 5.41) is 9.54. The number of pyridine rings is 1. The second-order valence-corrected chi connectivity index (χ2v) is 8.28. The van der Waals surface area contributed by atoms with Crippen LogP contribution < -0.4 is 0 Å². The number of rotatable bonds is 4. The zero-order valence-corrected chi connectivity index (χ0v) is 15.4. The molecule has 0 aromatic carbocycles. The predicted molar refractivity (Wildman–Crippen MR) is 95.5 cm³/mol. The minimum atomic E-state index is -0.913. The second kappa shape index (κ2) is 6.47. The third-order valence-electron chi connectivity index (χ3n) is 5.89. The van der Waals surface area contributed by atoms with E-state index in [1.54, 1.807) is 0 Å². The van der Waals surface area contributed by atoms with Gasteiger partial charge in [0.25, 0.3) is 0 Å². The first-order chi connectivity index (χ1) is 11.3. The molecule has 0 spiro atoms. The quantitative estimate of drug-likeness (QED) is 0.899. The molecule has 1 aromatic rings. The summed E-state index contributed by atoms with van der Waals surface area (Å²) >= 11 is 0. The van der Waals surface area contributed by atoms with Gasteiger partial charge in [-0.3, -0.25) is 4.90 Å². The summed E-state index contributed by atoms with van der Waals surface area (Å²) in [4.78, 5) is 18.7. The molecule has 132 valence electrons. The molecule has 1 unspecified atom stereocenters. The number of carbonyl (C=O) groups is 1. The van der Waals surface area contributed by atoms with Crippen LogP contribution >= 0.6 is 0 Å². The average Bonchev–Trinajstić information content (AvgIpc) is 2.83. The van der Waals surface area contributed by atoms with Crippen molar-refractivity contribution in [1.82, 2.24) is 9.88 Å². The van der Waals surface area contributed by atoms with Crippen LogP contribution in [0.3, 0.4) is 0 Å². The van der Waals surface area contributed by atoms with Gasteiger partial charge in [0.15, 0.2) is 0 Å². The van der Waals surface area contributed by atoms with Crippen LogP contribution in [0, 0.1) is 5.92 Å². The summed E-state index contributed by atoms with van der Waals surface area (Å²) in [7, 11) is 0. The monoisotopic (exact) mass is 330 g/mol. The zero-order chi connectivity index (χ0) is 17.5. The number of aromatic nitrogens is 1. The Morgan fingerprint density at radius 2 is 2.25 bits per heavy atom. The molecule has 0 radical (unpaired) electrons. The minimum Gasteiger partial charge on any atom is -0.477 e. The van der Waals surface area contributed by atoms with Crippen molar-refractivity contribution < 1.29 is 9.90 Å². The van der Waals surface area contributed by atoms with Crippen LogP contribution in [0.25, 0.3) is 0 Å². The molecular formula is C20H30N2O2. The number of fused-ring (bicyclic) bond motifs is 1. The van der Waals surface area contributed by atoms with Crippen LogP contribution in [-0.4, -0.2) is 34.0 Å². The van der Waals surface area contributed by atoms with Gasteiger partial charge in [0, 0.05) is 18.0 Å². The van der Waals surface area contributed by atoms with Crippen molar-refractivity contribution in [1.29, 1.82) is 0 Å². The molecule has 1 aliphatic carbocycles. The highest BCUT2D eigenvalue weighted by Crippen LogP contribution is 2.42. The fourth-order valence-corrected chi connectivity index (χ4v) is 4.56. The maximum absolute atomic E-state index is 11.6. The van der Waals surface area contributed by atoms with Crippen LogP contribution in [0.15, 0.2) is 6.07 Å². The Morgan fingerprint density at radius 3 is 2.88 bits per heavy atom. The first-order valence-electron chi connectivity index (χ1n) is 9.35. The first-order valence-corrected chi connectivity index (χ1v) is 9.35. The van der Waals surface area contributed by atoms with E-state index in [4.69, 9.17) is 0 Å². The Labute approximate surface area is 145 Å². The van der Waals surface area contributed by atoms with Gasteiger partial charge in [-0.25, -0.2) is 9.78 Å². The summed E-state index contributed by atoms with van der Waals surface area (Å²) < 4.78 is 0. The van der Waals surface area contributed by atoms with Gasteiger partial charge < -0.3 is 5.11 Å². The van der Waals surface area contributed by atoms with E-state index in [1.165, 1.54) is 24.0 Å². The largest absolute Gasteiger partial charge is 0.477 e. The van der Waals surface area contributed by atoms with Gasteiger partial charge in [0.05, 0.1) is 5.69 Å². The zero-order valence-electron chi connectivity index (χ0n) is 15.4. The van der Waals surface area contributed by atoms with E-state index in [9.17, 15) is 9.90 Å². The summed E-state index contributed by atoms with van der Waals surface area (Å²) in [6, 6.07) is 2.17. The molecule has 3 rings (SSSR count). The molecule has 4 heteroatoms. The number of likely N-dealkylation sites (tertiary alicyclic amines) is 1. The first kappa shape index (κ1) is 17.4. The topological polar surface area (TPSA) is 53.4 Å². The van der Waals surface area contributed by atoms with Crippen LogP contribution in [-0.2, 0) is 11.8 Å². The number of piperidine rings is 1. The van der Waals surface area contributed by atoms with Crippen LogP contribution in [0.1, 0.15) is 86.7 Å². The molecule has 2 atom stereocenters. The van der Waals surface area contributed by atoms with E-state index in [2.05, 4.69) is 37.6 Å². The van der Waals surface area contributed by atoms with Gasteiger partial charge in [0.2, 0.25) is 0 Å². The Balaban J connectivity index is 2.07. The molecular weight excluding hydrogens is 300 g/mol. The summed E-state index contributed by atoms with van der Waals surface area (Å²) in [6.07, 6.45) is 5.63. The maximum Gasteiger partial charge on any atom is 0.354 e. The lowest BCUT2D eigenvalue weighted by atomic mass is 9.88. The van der Waals surface area contributed by atoms with Crippen LogP contribution in [0.4, 0.5) is 0 Å². The number of nitrogens with zero attached hydrogens (tertiary/aromatic N) is 2. The number of hydrogen-bond acceptors (Lipinski definition) is 3. The lowest BCUT2D eigenvalue weighted by molar-refractivity contribution is 0.0689. The van der Waals surface area contributed by atoms with Gasteiger partial charge in [-0.05, 0) is 61.8 Å². The third-order valence-corrected chi connectivity index (χ3v) is 5.89. The standard InChI is InChI=1S/C20H30N2O2/c1-5-17(22-10-6-7-13(2)12-22)15-11-16(19(23)24)21-18-14(15)8-9-20(18,3)4/h11,13,17H,5-10,12H2,1-4H3,(H,23,24)/t13-,17?/m0/s1. The molecule has 0 saturated carbocycles. The normalized spacial score (nSPS) is 24.6. The van der Waals surface area contributed by atoms with E-state index in [-0.39, 0.29) is 11.1 Å². The van der Waals surface area contributed by atoms with Crippen molar-refractivity contribution in [3.63, 3.8) is 0 Å². The van der Waals surface area contributed by atoms with Gasteiger partial charge in [-0.1, -0.05) is 27.7 Å². The van der Waals surface area contributed by atoms with Gasteiger partial charge in [0.1, 0.15) is 5.69 Å². The predicted octanol–water partition coefficient (Wildman–Crippen LogP) is 4.19. The molecule has 2 heterocycles. The molecule has 1 aromatic heterocycles. The van der Waals surface area contributed by atoms with Gasteiger partial charge in [-0.15, -0.1) is 0 Å². The average molecular weight is 330 g/mol. The number of carboxylic acid groups (broad SMARTS) is 1. The van der Waals surface area contributed by atoms with E-state index in [0.717, 1.165) is 44.0 Å². The maximum atomic E-state index is 11.6. The van der Waals surface area contributed by atoms with Crippen molar-refractivity contribution in [3.8, 4) is 0 Å². The Bertz CT molecular complexity index is 639. The van der Waals surface area contributed by atoms with Gasteiger partial charge >= 0.3 is 5.97 Å². The van der Waals surface area contributed by atoms with E-state index < -0.39 is 5.97 Å². The molecule has 1 saturated heterocycles. The summed E-state index contributed by atoms with van der Waals surface area (Å²) in [5.41, 5.74) is 3.74. The minimum absolute atomic E-state index is 0.0248. The Kier molecular flexibility index (Phi) is 4.69. The number of carboxylic acids is 1. The number of hydrogen-bond donors (Lipinski definition) is 1. The molecule has 1 fully saturated rings. The van der Waals surface area contributed by atoms with E-state index in [0.29, 0.717) is 6.04 Å². The van der Waals surface area contributed by atoms with Crippen molar-refractivity contribution in [2.24, 2.45) is 5.92 Å². The second-order valence-electron chi connectivity index (χ2n) is 8.28. The van der Waals surface area contributed by atoms with Crippen molar-refractivity contribution in [2.45, 2.75) is 71.3 Å². The van der Waals surface area contributed by atoms with Crippen LogP contribution in [0.5, 0.6) is 0 Å². The highest BCUT2D eigenvalue weighted by atomic mass is 16.4. The van der Waals surface area contributed by atoms with E-state index >= 15 is 0 Å². The van der Waals surface area contributed by atoms with E-state index in [1.807, 2.05) is 6.07 Å². The van der Waals surface area contributed by atoms with Gasteiger partial charge in [-0.2, -0.15) is 0 Å². The Hall–Kier alpha value is -1.42. The molecule has 2 aliphatic rings. The number of aromatic carboxylic acids is 1. The fraction of sp³-hybridized carbons (Fsp3) is 0.700. The van der Waals surface area contributed by atoms with Crippen molar-refractivity contribution in [3.05, 3.63) is 28.6 Å². The van der Waals surface area contributed by atoms with Crippen molar-refractivity contribution in [2.75, 3.05) is 13.1 Å². The Morgan fingerprint density at radius 1 is 1.50 bits per heavy atom. The highest BCUT2D eigenvalue weighted by Gasteiger charge is 2.36. The third kappa shape index (κ3) is 3.08.